The molecule has 1 amide bonds. The Kier molecular flexibility index (Phi) is 6.92. The second-order valence-corrected chi connectivity index (χ2v) is 6.93. The lowest BCUT2D eigenvalue weighted by Gasteiger charge is -2.12. The summed E-state index contributed by atoms with van der Waals surface area (Å²) < 4.78 is 17.9. The van der Waals surface area contributed by atoms with Crippen molar-refractivity contribution < 1.29 is 23.8 Å². The van der Waals surface area contributed by atoms with Crippen molar-refractivity contribution in [3.8, 4) is 11.5 Å². The Hall–Kier alpha value is -3.81. The zero-order valence-electron chi connectivity index (χ0n) is 18.0. The highest BCUT2D eigenvalue weighted by atomic mass is 16.5. The average molecular weight is 423 g/mol. The second kappa shape index (κ2) is 9.80. The van der Waals surface area contributed by atoms with Gasteiger partial charge in [0.1, 0.15) is 6.61 Å². The topological polar surface area (TPSA) is 91.7 Å². The number of aryl methyl sites for hydroxylation is 2. The van der Waals surface area contributed by atoms with Gasteiger partial charge in [-0.1, -0.05) is 30.3 Å². The minimum atomic E-state index is -0.636. The Bertz CT molecular complexity index is 1080. The summed E-state index contributed by atoms with van der Waals surface area (Å²) >= 11 is 0. The lowest BCUT2D eigenvalue weighted by Crippen LogP contribution is -2.21. The molecule has 1 heterocycles. The molecule has 3 aromatic rings. The Labute approximate surface area is 180 Å². The second-order valence-electron chi connectivity index (χ2n) is 6.93. The first-order chi connectivity index (χ1) is 14.9. The molecule has 0 saturated heterocycles. The molecule has 0 spiro atoms. The molecule has 0 radical (unpaired) electrons. The van der Waals surface area contributed by atoms with Gasteiger partial charge in [-0.3, -0.25) is 9.48 Å². The van der Waals surface area contributed by atoms with Crippen LogP contribution in [-0.4, -0.2) is 35.4 Å². The van der Waals surface area contributed by atoms with E-state index in [1.165, 1.54) is 13.2 Å². The Morgan fingerprint density at radius 2 is 1.81 bits per heavy atom. The van der Waals surface area contributed by atoms with E-state index >= 15 is 0 Å². The molecule has 31 heavy (non-hydrogen) atoms. The number of carbonyl (C=O) groups is 2. The number of methoxy groups -OCH3 is 1. The van der Waals surface area contributed by atoms with Crippen molar-refractivity contribution in [2.45, 2.75) is 20.5 Å². The Morgan fingerprint density at radius 3 is 2.45 bits per heavy atom. The lowest BCUT2D eigenvalue weighted by atomic mass is 10.2. The SMILES string of the molecule is COc1cc(C(=O)OCC(=O)Nc2c(C)nn(C)c2C)ccc1OCc1ccccc1. The fourth-order valence-electron chi connectivity index (χ4n) is 2.99. The first-order valence-corrected chi connectivity index (χ1v) is 9.71. The number of anilines is 1. The van der Waals surface area contributed by atoms with Gasteiger partial charge in [0.15, 0.2) is 18.1 Å². The molecule has 3 rings (SSSR count). The number of hydrogen-bond donors (Lipinski definition) is 1. The van der Waals surface area contributed by atoms with Crippen molar-refractivity contribution in [2.24, 2.45) is 7.05 Å². The van der Waals surface area contributed by atoms with Gasteiger partial charge < -0.3 is 19.5 Å². The quantitative estimate of drug-likeness (QED) is 0.558. The molecule has 0 aliphatic carbocycles. The lowest BCUT2D eigenvalue weighted by molar-refractivity contribution is -0.119. The van der Waals surface area contributed by atoms with Crippen LogP contribution in [0.1, 0.15) is 27.3 Å². The maximum Gasteiger partial charge on any atom is 0.338 e. The minimum Gasteiger partial charge on any atom is -0.493 e. The number of carbonyl (C=O) groups excluding carboxylic acids is 2. The molecule has 1 aromatic heterocycles. The first kappa shape index (κ1) is 21.9. The predicted octanol–water partition coefficient (Wildman–Crippen LogP) is 3.42. The number of aromatic nitrogens is 2. The van der Waals surface area contributed by atoms with Gasteiger partial charge in [-0.2, -0.15) is 5.10 Å². The van der Waals surface area contributed by atoms with E-state index in [1.54, 1.807) is 30.8 Å². The van der Waals surface area contributed by atoms with Gasteiger partial charge in [-0.05, 0) is 37.6 Å². The molecule has 8 heteroatoms. The number of esters is 1. The van der Waals surface area contributed by atoms with Crippen molar-refractivity contribution >= 4 is 17.6 Å². The monoisotopic (exact) mass is 423 g/mol. The van der Waals surface area contributed by atoms with Crippen molar-refractivity contribution in [3.63, 3.8) is 0 Å². The number of ether oxygens (including phenoxy) is 3. The van der Waals surface area contributed by atoms with Gasteiger partial charge in [-0.25, -0.2) is 4.79 Å². The highest BCUT2D eigenvalue weighted by Gasteiger charge is 2.16. The van der Waals surface area contributed by atoms with E-state index < -0.39 is 18.5 Å². The van der Waals surface area contributed by atoms with Crippen LogP contribution in [0.15, 0.2) is 48.5 Å². The fraction of sp³-hybridized carbons (Fsp3) is 0.261. The zero-order valence-corrected chi connectivity index (χ0v) is 18.0. The molecule has 0 aliphatic rings. The smallest absolute Gasteiger partial charge is 0.338 e. The van der Waals surface area contributed by atoms with Crippen molar-refractivity contribution in [1.82, 2.24) is 9.78 Å². The first-order valence-electron chi connectivity index (χ1n) is 9.71. The summed E-state index contributed by atoms with van der Waals surface area (Å²) in [5.41, 5.74) is 3.39. The Balaban J connectivity index is 1.59. The van der Waals surface area contributed by atoms with E-state index in [0.29, 0.717) is 29.5 Å². The summed E-state index contributed by atoms with van der Waals surface area (Å²) in [6, 6.07) is 14.4. The van der Waals surface area contributed by atoms with E-state index in [4.69, 9.17) is 14.2 Å². The third-order valence-corrected chi connectivity index (χ3v) is 4.74. The summed E-state index contributed by atoms with van der Waals surface area (Å²) in [6.45, 7) is 3.59. The number of benzene rings is 2. The van der Waals surface area contributed by atoms with Crippen molar-refractivity contribution in [1.29, 1.82) is 0 Å². The maximum atomic E-state index is 12.4. The van der Waals surface area contributed by atoms with E-state index in [-0.39, 0.29) is 5.56 Å². The summed E-state index contributed by atoms with van der Waals surface area (Å²) in [5, 5.41) is 6.96. The van der Waals surface area contributed by atoms with Crippen LogP contribution in [0.25, 0.3) is 0 Å². The van der Waals surface area contributed by atoms with Gasteiger partial charge in [0.25, 0.3) is 5.91 Å². The van der Waals surface area contributed by atoms with E-state index in [9.17, 15) is 9.59 Å². The standard InChI is InChI=1S/C23H25N3O5/c1-15-22(16(2)26(3)25-15)24-21(27)14-31-23(28)18-10-11-19(20(12-18)29-4)30-13-17-8-6-5-7-9-17/h5-12H,13-14H2,1-4H3,(H,24,27). The maximum absolute atomic E-state index is 12.4. The number of hydrogen-bond acceptors (Lipinski definition) is 6. The number of nitrogens with zero attached hydrogens (tertiary/aromatic N) is 2. The molecule has 0 atom stereocenters. The van der Waals surface area contributed by atoms with Crippen LogP contribution < -0.4 is 14.8 Å². The number of rotatable bonds is 8. The molecule has 0 bridgehead atoms. The summed E-state index contributed by atoms with van der Waals surface area (Å²) in [5.74, 6) is -0.176. The Morgan fingerprint density at radius 1 is 1.06 bits per heavy atom. The molecule has 0 fully saturated rings. The average Bonchev–Trinajstić information content (AvgIpc) is 3.02. The number of amides is 1. The van der Waals surface area contributed by atoms with Gasteiger partial charge in [0.05, 0.1) is 29.7 Å². The highest BCUT2D eigenvalue weighted by molar-refractivity contribution is 5.96. The highest BCUT2D eigenvalue weighted by Crippen LogP contribution is 2.29. The predicted molar refractivity (Wildman–Crippen MR) is 115 cm³/mol. The summed E-state index contributed by atoms with van der Waals surface area (Å²) in [7, 11) is 3.28. The third kappa shape index (κ3) is 5.42. The van der Waals surface area contributed by atoms with Crippen LogP contribution in [0, 0.1) is 13.8 Å². The van der Waals surface area contributed by atoms with E-state index in [0.717, 1.165) is 11.3 Å². The molecule has 0 unspecified atom stereocenters. The third-order valence-electron chi connectivity index (χ3n) is 4.74. The van der Waals surface area contributed by atoms with Crippen LogP contribution in [-0.2, 0) is 23.2 Å². The minimum absolute atomic E-state index is 0.255. The number of nitrogens with one attached hydrogen (secondary N) is 1. The van der Waals surface area contributed by atoms with Crippen LogP contribution in [0.5, 0.6) is 11.5 Å². The van der Waals surface area contributed by atoms with E-state index in [1.807, 2.05) is 37.3 Å². The van der Waals surface area contributed by atoms with Crippen LogP contribution in [0.2, 0.25) is 0 Å². The van der Waals surface area contributed by atoms with Crippen LogP contribution in [0.4, 0.5) is 5.69 Å². The molecule has 8 nitrogen and oxygen atoms in total. The molecular weight excluding hydrogens is 398 g/mol. The van der Waals surface area contributed by atoms with Gasteiger partial charge in [-0.15, -0.1) is 0 Å². The van der Waals surface area contributed by atoms with Gasteiger partial charge in [0, 0.05) is 7.05 Å². The van der Waals surface area contributed by atoms with Gasteiger partial charge >= 0.3 is 5.97 Å². The molecular formula is C23H25N3O5. The zero-order chi connectivity index (χ0) is 22.4. The van der Waals surface area contributed by atoms with Crippen molar-refractivity contribution in [2.75, 3.05) is 19.0 Å². The fourth-order valence-corrected chi connectivity index (χ4v) is 2.99. The molecule has 162 valence electrons. The van der Waals surface area contributed by atoms with Gasteiger partial charge in [0.2, 0.25) is 0 Å². The molecule has 1 N–H and O–H groups in total. The summed E-state index contributed by atoms with van der Waals surface area (Å²) in [4.78, 5) is 24.6. The molecule has 0 aliphatic heterocycles. The van der Waals surface area contributed by atoms with Crippen molar-refractivity contribution in [3.05, 3.63) is 71.0 Å². The van der Waals surface area contributed by atoms with Crippen LogP contribution in [0.3, 0.4) is 0 Å². The largest absolute Gasteiger partial charge is 0.493 e. The molecule has 2 aromatic carbocycles. The van der Waals surface area contributed by atoms with Crippen LogP contribution >= 0.6 is 0 Å². The van der Waals surface area contributed by atoms with E-state index in [2.05, 4.69) is 10.4 Å². The summed E-state index contributed by atoms with van der Waals surface area (Å²) in [6.07, 6.45) is 0. The molecule has 0 saturated carbocycles. The normalized spacial score (nSPS) is 10.5.